The number of allylic oxidation sites excluding steroid dienone is 6. The maximum atomic E-state index is 3.88. The van der Waals surface area contributed by atoms with Crippen molar-refractivity contribution in [2.45, 2.75) is 4.32 Å². The van der Waals surface area contributed by atoms with Crippen molar-refractivity contribution in [2.75, 3.05) is 0 Å². The quantitative estimate of drug-likeness (QED) is 0.425. The van der Waals surface area contributed by atoms with Crippen molar-refractivity contribution in [2.24, 2.45) is 17.8 Å². The molecule has 3 rings (SSSR count). The SMILES string of the molecule is BrC12C3C=CC1C=CC2C=C3. The van der Waals surface area contributed by atoms with Crippen LogP contribution in [0.5, 0.6) is 0 Å². The maximum Gasteiger partial charge on any atom is 0.0548 e. The molecule has 0 fully saturated rings. The predicted molar refractivity (Wildman–Crippen MR) is 49.5 cm³/mol. The van der Waals surface area contributed by atoms with Crippen molar-refractivity contribution < 1.29 is 0 Å². The van der Waals surface area contributed by atoms with Crippen molar-refractivity contribution >= 4 is 15.9 Å². The van der Waals surface area contributed by atoms with Gasteiger partial charge in [-0.3, -0.25) is 0 Å². The molecule has 0 radical (unpaired) electrons. The van der Waals surface area contributed by atoms with E-state index in [4.69, 9.17) is 0 Å². The summed E-state index contributed by atoms with van der Waals surface area (Å²) in [6.07, 6.45) is 13.9. The maximum absolute atomic E-state index is 3.88. The molecule has 0 heterocycles. The van der Waals surface area contributed by atoms with Crippen LogP contribution in [0.1, 0.15) is 0 Å². The lowest BCUT2D eigenvalue weighted by molar-refractivity contribution is 0.488. The third kappa shape index (κ3) is 0.538. The first-order chi connectivity index (χ1) is 5.32. The van der Waals surface area contributed by atoms with Crippen LogP contribution in [0, 0.1) is 17.8 Å². The molecule has 0 aromatic carbocycles. The summed E-state index contributed by atoms with van der Waals surface area (Å²) in [6.45, 7) is 0. The summed E-state index contributed by atoms with van der Waals surface area (Å²) in [6, 6.07) is 0. The molecule has 1 heteroatoms. The van der Waals surface area contributed by atoms with Crippen LogP contribution in [-0.4, -0.2) is 4.32 Å². The van der Waals surface area contributed by atoms with Gasteiger partial charge in [-0.1, -0.05) is 52.4 Å². The smallest absolute Gasteiger partial charge is 0.0548 e. The fourth-order valence-electron chi connectivity index (χ4n) is 2.46. The highest BCUT2D eigenvalue weighted by Crippen LogP contribution is 2.56. The Morgan fingerprint density at radius 2 is 1.00 bits per heavy atom. The molecule has 11 heavy (non-hydrogen) atoms. The summed E-state index contributed by atoms with van der Waals surface area (Å²) in [7, 11) is 0. The Morgan fingerprint density at radius 1 is 0.727 bits per heavy atom. The van der Waals surface area contributed by atoms with Crippen molar-refractivity contribution in [1.29, 1.82) is 0 Å². The standard InChI is InChI=1S/C10H9Br/c11-10-7-1-2-8(10)5-6-9(10)4-3-7/h1-9H. The van der Waals surface area contributed by atoms with Gasteiger partial charge in [0.1, 0.15) is 0 Å². The van der Waals surface area contributed by atoms with E-state index in [2.05, 4.69) is 52.4 Å². The average molecular weight is 209 g/mol. The van der Waals surface area contributed by atoms with E-state index in [1.807, 2.05) is 0 Å². The van der Waals surface area contributed by atoms with Gasteiger partial charge in [0.15, 0.2) is 0 Å². The first kappa shape index (κ1) is 6.24. The first-order valence-electron chi connectivity index (χ1n) is 4.06. The van der Waals surface area contributed by atoms with Gasteiger partial charge < -0.3 is 0 Å². The molecule has 0 amide bonds. The normalized spacial score (nSPS) is 55.9. The zero-order valence-electron chi connectivity index (χ0n) is 6.07. The summed E-state index contributed by atoms with van der Waals surface area (Å²) in [5.41, 5.74) is 0. The number of hydrogen-bond acceptors (Lipinski definition) is 0. The van der Waals surface area contributed by atoms with Crippen LogP contribution in [0.4, 0.5) is 0 Å². The summed E-state index contributed by atoms with van der Waals surface area (Å²) in [5.74, 6) is 1.90. The van der Waals surface area contributed by atoms with Crippen LogP contribution in [0.3, 0.4) is 0 Å². The molecular weight excluding hydrogens is 200 g/mol. The van der Waals surface area contributed by atoms with Gasteiger partial charge in [0, 0.05) is 17.8 Å². The fraction of sp³-hybridized carbons (Fsp3) is 0.400. The Morgan fingerprint density at radius 3 is 1.27 bits per heavy atom. The Hall–Kier alpha value is -0.300. The van der Waals surface area contributed by atoms with Crippen molar-refractivity contribution in [3.05, 3.63) is 36.5 Å². The fourth-order valence-corrected chi connectivity index (χ4v) is 3.38. The molecule has 0 nitrogen and oxygen atoms in total. The molecule has 0 bridgehead atoms. The minimum absolute atomic E-state index is 0.312. The third-order valence-corrected chi connectivity index (χ3v) is 4.70. The molecule has 0 N–H and O–H groups in total. The summed E-state index contributed by atoms with van der Waals surface area (Å²) < 4.78 is 0.312. The third-order valence-electron chi connectivity index (χ3n) is 3.11. The van der Waals surface area contributed by atoms with E-state index in [9.17, 15) is 0 Å². The number of alkyl halides is 1. The topological polar surface area (TPSA) is 0 Å². The van der Waals surface area contributed by atoms with Gasteiger partial charge in [0.05, 0.1) is 4.32 Å². The van der Waals surface area contributed by atoms with Crippen molar-refractivity contribution in [1.82, 2.24) is 0 Å². The second-order valence-electron chi connectivity index (χ2n) is 3.56. The molecule has 3 aliphatic rings. The number of rotatable bonds is 0. The minimum Gasteiger partial charge on any atom is -0.0824 e. The lowest BCUT2D eigenvalue weighted by Crippen LogP contribution is -2.31. The molecule has 0 aliphatic heterocycles. The molecule has 3 aliphatic carbocycles. The lowest BCUT2D eigenvalue weighted by Gasteiger charge is -2.28. The van der Waals surface area contributed by atoms with Gasteiger partial charge in [0.25, 0.3) is 0 Å². The zero-order chi connectivity index (χ0) is 7.47. The monoisotopic (exact) mass is 208 g/mol. The van der Waals surface area contributed by atoms with Gasteiger partial charge in [0.2, 0.25) is 0 Å². The molecule has 56 valence electrons. The second kappa shape index (κ2) is 1.71. The first-order valence-corrected chi connectivity index (χ1v) is 4.85. The van der Waals surface area contributed by atoms with Crippen LogP contribution in [0.25, 0.3) is 0 Å². The molecule has 0 aromatic heterocycles. The van der Waals surface area contributed by atoms with Crippen LogP contribution in [0.2, 0.25) is 0 Å². The Bertz CT molecular complexity index is 222. The zero-order valence-corrected chi connectivity index (χ0v) is 7.66. The van der Waals surface area contributed by atoms with Crippen LogP contribution >= 0.6 is 15.9 Å². The van der Waals surface area contributed by atoms with Gasteiger partial charge in [-0.2, -0.15) is 0 Å². The van der Waals surface area contributed by atoms with Gasteiger partial charge >= 0.3 is 0 Å². The highest BCUT2D eigenvalue weighted by Gasteiger charge is 2.52. The average Bonchev–Trinajstić information content (AvgIpc) is 2.53. The molecule has 0 saturated carbocycles. The Balaban J connectivity index is 2.20. The van der Waals surface area contributed by atoms with Gasteiger partial charge in [-0.05, 0) is 0 Å². The molecule has 0 atom stereocenters. The van der Waals surface area contributed by atoms with Crippen molar-refractivity contribution in [3.63, 3.8) is 0 Å². The Labute approximate surface area is 74.8 Å². The lowest BCUT2D eigenvalue weighted by atomic mass is 9.89. The number of halogens is 1. The van der Waals surface area contributed by atoms with E-state index < -0.39 is 0 Å². The highest BCUT2D eigenvalue weighted by molar-refractivity contribution is 9.10. The molecule has 0 spiro atoms. The summed E-state index contributed by atoms with van der Waals surface area (Å²) in [5, 5.41) is 0. The molecule has 0 unspecified atom stereocenters. The van der Waals surface area contributed by atoms with E-state index in [0.717, 1.165) is 0 Å². The highest BCUT2D eigenvalue weighted by atomic mass is 79.9. The van der Waals surface area contributed by atoms with E-state index in [1.165, 1.54) is 0 Å². The predicted octanol–water partition coefficient (Wildman–Crippen LogP) is 2.68. The largest absolute Gasteiger partial charge is 0.0824 e. The van der Waals surface area contributed by atoms with Crippen LogP contribution < -0.4 is 0 Å². The molecular formula is C10H9Br. The Kier molecular flexibility index (Phi) is 0.972. The summed E-state index contributed by atoms with van der Waals surface area (Å²) >= 11 is 3.88. The number of hydrogen-bond donors (Lipinski definition) is 0. The van der Waals surface area contributed by atoms with Gasteiger partial charge in [-0.15, -0.1) is 0 Å². The van der Waals surface area contributed by atoms with E-state index in [1.54, 1.807) is 0 Å². The van der Waals surface area contributed by atoms with Gasteiger partial charge in [-0.25, -0.2) is 0 Å². The van der Waals surface area contributed by atoms with Crippen LogP contribution in [-0.2, 0) is 0 Å². The molecule has 0 saturated heterocycles. The van der Waals surface area contributed by atoms with E-state index in [-0.39, 0.29) is 0 Å². The van der Waals surface area contributed by atoms with E-state index >= 15 is 0 Å². The van der Waals surface area contributed by atoms with Crippen LogP contribution in [0.15, 0.2) is 36.5 Å². The molecule has 0 aromatic rings. The minimum atomic E-state index is 0.312. The summed E-state index contributed by atoms with van der Waals surface area (Å²) in [4.78, 5) is 0. The van der Waals surface area contributed by atoms with E-state index in [0.29, 0.717) is 22.1 Å². The second-order valence-corrected chi connectivity index (χ2v) is 4.93. The van der Waals surface area contributed by atoms with Crippen molar-refractivity contribution in [3.8, 4) is 0 Å².